The molecule has 1 aromatic rings. The van der Waals surface area contributed by atoms with Crippen molar-refractivity contribution in [2.75, 3.05) is 32.8 Å². The van der Waals surface area contributed by atoms with Crippen molar-refractivity contribution < 1.29 is 18.3 Å². The van der Waals surface area contributed by atoms with E-state index < -0.39 is 10.0 Å². The molecule has 2 aliphatic heterocycles. The first-order chi connectivity index (χ1) is 10.9. The van der Waals surface area contributed by atoms with Crippen molar-refractivity contribution >= 4 is 10.0 Å². The largest absolute Gasteiger partial charge is 0.477 e. The number of ether oxygens (including phenoxy) is 1. The van der Waals surface area contributed by atoms with Crippen molar-refractivity contribution in [2.45, 2.75) is 43.8 Å². The van der Waals surface area contributed by atoms with Gasteiger partial charge in [-0.05, 0) is 13.8 Å². The molecule has 0 saturated carbocycles. The van der Waals surface area contributed by atoms with Crippen LogP contribution in [-0.2, 0) is 16.6 Å². The summed E-state index contributed by atoms with van der Waals surface area (Å²) in [7, 11) is -3.63. The first kappa shape index (κ1) is 16.7. The maximum Gasteiger partial charge on any atom is 0.250 e. The number of hydrogen-bond donors (Lipinski definition) is 1. The molecule has 3 heterocycles. The minimum atomic E-state index is -3.63. The van der Waals surface area contributed by atoms with E-state index in [1.165, 1.54) is 10.5 Å². The van der Waals surface area contributed by atoms with Crippen molar-refractivity contribution in [1.29, 1.82) is 0 Å². The van der Waals surface area contributed by atoms with Crippen molar-refractivity contribution in [2.24, 2.45) is 0 Å². The summed E-state index contributed by atoms with van der Waals surface area (Å²) in [4.78, 5) is 2.29. The monoisotopic (exact) mass is 344 g/mol. The van der Waals surface area contributed by atoms with E-state index in [9.17, 15) is 8.42 Å². The molecule has 1 aromatic heterocycles. The number of aliphatic hydroxyl groups excluding tert-OH is 1. The van der Waals surface area contributed by atoms with E-state index in [0.717, 1.165) is 6.42 Å². The smallest absolute Gasteiger partial charge is 0.250 e. The molecule has 1 N–H and O–H groups in total. The van der Waals surface area contributed by atoms with Crippen LogP contribution in [0.25, 0.3) is 0 Å². The van der Waals surface area contributed by atoms with E-state index in [4.69, 9.17) is 9.84 Å². The zero-order valence-corrected chi connectivity index (χ0v) is 14.4. The number of piperazine rings is 1. The maximum absolute atomic E-state index is 13.0. The Morgan fingerprint density at radius 2 is 2.04 bits per heavy atom. The maximum atomic E-state index is 13.0. The molecule has 1 saturated heterocycles. The summed E-state index contributed by atoms with van der Waals surface area (Å²) in [6, 6.07) is 0.0981. The van der Waals surface area contributed by atoms with Crippen LogP contribution in [0.2, 0.25) is 0 Å². The standard InChI is InChI=1S/C14H24N4O4S/c1-11-9-16(10-12(2)17(11)5-6-19)23(20,21)13-8-15-18-4-3-7-22-14(13)18/h8,11-12,19H,3-7,9-10H2,1-2H3/t11-,12+. The van der Waals surface area contributed by atoms with E-state index in [-0.39, 0.29) is 23.6 Å². The van der Waals surface area contributed by atoms with Crippen LogP contribution in [0.4, 0.5) is 0 Å². The highest BCUT2D eigenvalue weighted by atomic mass is 32.2. The highest BCUT2D eigenvalue weighted by Gasteiger charge is 2.38. The van der Waals surface area contributed by atoms with Gasteiger partial charge in [0.15, 0.2) is 4.90 Å². The summed E-state index contributed by atoms with van der Waals surface area (Å²) in [6.07, 6.45) is 2.23. The fourth-order valence-corrected chi connectivity index (χ4v) is 5.09. The number of nitrogens with zero attached hydrogens (tertiary/aromatic N) is 4. The lowest BCUT2D eigenvalue weighted by atomic mass is 10.1. The van der Waals surface area contributed by atoms with Crippen molar-refractivity contribution in [3.8, 4) is 5.88 Å². The van der Waals surface area contributed by atoms with E-state index in [1.807, 2.05) is 13.8 Å². The third kappa shape index (κ3) is 2.98. The number of β-amino-alcohol motifs (C(OH)–C–C–N with tert-alkyl or cyclic N) is 1. The number of rotatable bonds is 4. The van der Waals surface area contributed by atoms with Crippen LogP contribution in [0.3, 0.4) is 0 Å². The van der Waals surface area contributed by atoms with Gasteiger partial charge in [-0.3, -0.25) is 4.90 Å². The summed E-state index contributed by atoms with van der Waals surface area (Å²) in [5, 5.41) is 13.3. The zero-order chi connectivity index (χ0) is 16.6. The summed E-state index contributed by atoms with van der Waals surface area (Å²) < 4.78 is 34.7. The summed E-state index contributed by atoms with van der Waals surface area (Å²) in [5.74, 6) is 0.356. The lowest BCUT2D eigenvalue weighted by Crippen LogP contribution is -2.58. The third-order valence-corrected chi connectivity index (χ3v) is 6.37. The predicted molar refractivity (Wildman–Crippen MR) is 83.8 cm³/mol. The van der Waals surface area contributed by atoms with Gasteiger partial charge in [0.1, 0.15) is 0 Å². The van der Waals surface area contributed by atoms with Crippen LogP contribution >= 0.6 is 0 Å². The van der Waals surface area contributed by atoms with Gasteiger partial charge in [-0.25, -0.2) is 13.1 Å². The Kier molecular flexibility index (Phi) is 4.63. The first-order valence-electron chi connectivity index (χ1n) is 8.00. The van der Waals surface area contributed by atoms with E-state index in [2.05, 4.69) is 10.00 Å². The van der Waals surface area contributed by atoms with Gasteiger partial charge in [0.05, 0.1) is 19.4 Å². The molecule has 9 heteroatoms. The van der Waals surface area contributed by atoms with Crippen LogP contribution in [0.5, 0.6) is 5.88 Å². The normalized spacial score (nSPS) is 26.7. The number of sulfonamides is 1. The minimum absolute atomic E-state index is 0.0491. The Morgan fingerprint density at radius 3 is 2.70 bits per heavy atom. The van der Waals surface area contributed by atoms with Crippen molar-refractivity contribution in [3.05, 3.63) is 6.20 Å². The Bertz CT molecular complexity index is 648. The molecule has 0 aromatic carbocycles. The molecule has 0 unspecified atom stereocenters. The zero-order valence-electron chi connectivity index (χ0n) is 13.6. The number of hydrogen-bond acceptors (Lipinski definition) is 6. The molecule has 0 bridgehead atoms. The second kappa shape index (κ2) is 6.39. The SMILES string of the molecule is C[C@@H]1CN(S(=O)(=O)c2cnn3c2OCCC3)C[C@H](C)N1CCO. The number of aromatic nitrogens is 2. The van der Waals surface area contributed by atoms with Crippen LogP contribution < -0.4 is 4.74 Å². The average Bonchev–Trinajstić information content (AvgIpc) is 2.95. The second-order valence-electron chi connectivity index (χ2n) is 6.22. The lowest BCUT2D eigenvalue weighted by molar-refractivity contribution is 0.0596. The minimum Gasteiger partial charge on any atom is -0.477 e. The number of aryl methyl sites for hydroxylation is 1. The fraction of sp³-hybridized carbons (Fsp3) is 0.786. The fourth-order valence-electron chi connectivity index (χ4n) is 3.42. The molecular formula is C14H24N4O4S. The Balaban J connectivity index is 1.85. The highest BCUT2D eigenvalue weighted by molar-refractivity contribution is 7.89. The van der Waals surface area contributed by atoms with Crippen molar-refractivity contribution in [3.63, 3.8) is 0 Å². The highest BCUT2D eigenvalue weighted by Crippen LogP contribution is 2.31. The van der Waals surface area contributed by atoms with Gasteiger partial charge in [0.2, 0.25) is 15.9 Å². The van der Waals surface area contributed by atoms with Gasteiger partial charge in [-0.2, -0.15) is 9.40 Å². The number of fused-ring (bicyclic) bond motifs is 1. The van der Waals surface area contributed by atoms with Gasteiger partial charge in [-0.15, -0.1) is 0 Å². The lowest BCUT2D eigenvalue weighted by Gasteiger charge is -2.43. The molecule has 8 nitrogen and oxygen atoms in total. The molecule has 0 aliphatic carbocycles. The summed E-state index contributed by atoms with van der Waals surface area (Å²) >= 11 is 0. The van der Waals surface area contributed by atoms with Gasteiger partial charge in [0.25, 0.3) is 0 Å². The van der Waals surface area contributed by atoms with Gasteiger partial charge < -0.3 is 9.84 Å². The van der Waals surface area contributed by atoms with Crippen LogP contribution in [-0.4, -0.2) is 77.4 Å². The molecule has 23 heavy (non-hydrogen) atoms. The van der Waals surface area contributed by atoms with Crippen LogP contribution in [0, 0.1) is 0 Å². The first-order valence-corrected chi connectivity index (χ1v) is 9.44. The molecule has 3 rings (SSSR count). The molecule has 2 atom stereocenters. The molecule has 2 aliphatic rings. The molecule has 0 spiro atoms. The summed E-state index contributed by atoms with van der Waals surface area (Å²) in [6.45, 7) is 6.60. The van der Waals surface area contributed by atoms with E-state index >= 15 is 0 Å². The molecule has 0 radical (unpaired) electrons. The van der Waals surface area contributed by atoms with Gasteiger partial charge in [0, 0.05) is 44.7 Å². The molecule has 130 valence electrons. The Hall–Kier alpha value is -1.16. The Labute approximate surface area is 136 Å². The third-order valence-electron chi connectivity index (χ3n) is 4.56. The van der Waals surface area contributed by atoms with Gasteiger partial charge in [-0.1, -0.05) is 0 Å². The average molecular weight is 344 g/mol. The van der Waals surface area contributed by atoms with Crippen LogP contribution in [0.1, 0.15) is 20.3 Å². The quantitative estimate of drug-likeness (QED) is 0.810. The van der Waals surface area contributed by atoms with E-state index in [0.29, 0.717) is 38.7 Å². The second-order valence-corrected chi connectivity index (χ2v) is 8.13. The molecular weight excluding hydrogens is 320 g/mol. The predicted octanol–water partition coefficient (Wildman–Crippen LogP) is -0.259. The molecule has 0 amide bonds. The molecule has 1 fully saturated rings. The van der Waals surface area contributed by atoms with Crippen molar-refractivity contribution in [1.82, 2.24) is 19.0 Å². The summed E-state index contributed by atoms with van der Waals surface area (Å²) in [5.41, 5.74) is 0. The Morgan fingerprint density at radius 1 is 1.35 bits per heavy atom. The van der Waals surface area contributed by atoms with E-state index in [1.54, 1.807) is 4.68 Å². The van der Waals surface area contributed by atoms with Crippen LogP contribution in [0.15, 0.2) is 11.1 Å². The van der Waals surface area contributed by atoms with Gasteiger partial charge >= 0.3 is 0 Å². The number of aliphatic hydroxyl groups is 1. The topological polar surface area (TPSA) is 87.9 Å².